The Balaban J connectivity index is 1.83. The highest BCUT2D eigenvalue weighted by atomic mass is 16.2. The Morgan fingerprint density at radius 1 is 1.22 bits per heavy atom. The van der Waals surface area contributed by atoms with Gasteiger partial charge in [0.15, 0.2) is 0 Å². The first-order valence-electron chi connectivity index (χ1n) is 8.20. The summed E-state index contributed by atoms with van der Waals surface area (Å²) in [7, 11) is 0. The highest BCUT2D eigenvalue weighted by molar-refractivity contribution is 5.98. The number of carbonyl (C=O) groups excluding carboxylic acids is 1. The molecule has 0 spiro atoms. The molecule has 0 aromatic carbocycles. The lowest BCUT2D eigenvalue weighted by atomic mass is 10.1. The van der Waals surface area contributed by atoms with Crippen molar-refractivity contribution in [1.29, 1.82) is 0 Å². The molecule has 2 aromatic heterocycles. The first kappa shape index (κ1) is 15.5. The van der Waals surface area contributed by atoms with Gasteiger partial charge in [0.25, 0.3) is 5.91 Å². The van der Waals surface area contributed by atoms with E-state index in [1.54, 1.807) is 18.6 Å². The Morgan fingerprint density at radius 2 is 1.96 bits per heavy atom. The second-order valence-corrected chi connectivity index (χ2v) is 5.78. The number of hydrogen-bond donors (Lipinski definition) is 1. The van der Waals surface area contributed by atoms with Crippen LogP contribution in [0.1, 0.15) is 48.1 Å². The molecule has 1 amide bonds. The standard InChI is InChI=1S/C18H22N4O/c1-2-16(14-7-10-19-11-8-14)21-17-15(6-5-9-20-17)18(23)22-12-3-4-13-22/h5-11,16H,2-4,12-13H2,1H3,(H,20,21). The van der Waals surface area contributed by atoms with Crippen LogP contribution >= 0.6 is 0 Å². The molecule has 1 aliphatic rings. The van der Waals surface area contributed by atoms with Gasteiger partial charge in [-0.05, 0) is 49.1 Å². The van der Waals surface area contributed by atoms with E-state index in [1.165, 1.54) is 0 Å². The molecule has 1 atom stereocenters. The molecule has 5 nitrogen and oxygen atoms in total. The first-order valence-corrected chi connectivity index (χ1v) is 8.20. The molecular formula is C18H22N4O. The van der Waals surface area contributed by atoms with Crippen LogP contribution in [0.5, 0.6) is 0 Å². The van der Waals surface area contributed by atoms with Gasteiger partial charge in [-0.1, -0.05) is 6.92 Å². The number of nitrogens with one attached hydrogen (secondary N) is 1. The van der Waals surface area contributed by atoms with Crippen LogP contribution in [0.4, 0.5) is 5.82 Å². The van der Waals surface area contributed by atoms with Crippen LogP contribution in [-0.2, 0) is 0 Å². The van der Waals surface area contributed by atoms with Crippen LogP contribution in [0.25, 0.3) is 0 Å². The van der Waals surface area contributed by atoms with Crippen LogP contribution < -0.4 is 5.32 Å². The normalized spacial score (nSPS) is 15.4. The van der Waals surface area contributed by atoms with E-state index < -0.39 is 0 Å². The van der Waals surface area contributed by atoms with Crippen LogP contribution in [-0.4, -0.2) is 33.9 Å². The number of nitrogens with zero attached hydrogens (tertiary/aromatic N) is 3. The smallest absolute Gasteiger partial charge is 0.257 e. The van der Waals surface area contributed by atoms with E-state index >= 15 is 0 Å². The Bertz CT molecular complexity index is 653. The number of hydrogen-bond acceptors (Lipinski definition) is 4. The van der Waals surface area contributed by atoms with Crippen molar-refractivity contribution in [3.8, 4) is 0 Å². The summed E-state index contributed by atoms with van der Waals surface area (Å²) in [5.41, 5.74) is 1.80. The monoisotopic (exact) mass is 310 g/mol. The second-order valence-electron chi connectivity index (χ2n) is 5.78. The minimum atomic E-state index is 0.0719. The number of carbonyl (C=O) groups is 1. The quantitative estimate of drug-likeness (QED) is 0.921. The Kier molecular flexibility index (Phi) is 4.86. The van der Waals surface area contributed by atoms with E-state index in [4.69, 9.17) is 0 Å². The van der Waals surface area contributed by atoms with E-state index in [2.05, 4.69) is 22.2 Å². The first-order chi connectivity index (χ1) is 11.3. The fourth-order valence-electron chi connectivity index (χ4n) is 2.97. The van der Waals surface area contributed by atoms with E-state index in [0.29, 0.717) is 11.4 Å². The van der Waals surface area contributed by atoms with Crippen molar-refractivity contribution >= 4 is 11.7 Å². The SMILES string of the molecule is CCC(Nc1ncccc1C(=O)N1CCCC1)c1ccncc1. The molecule has 1 N–H and O–H groups in total. The third-order valence-corrected chi connectivity index (χ3v) is 4.26. The predicted octanol–water partition coefficient (Wildman–Crippen LogP) is 3.28. The number of rotatable bonds is 5. The van der Waals surface area contributed by atoms with Crippen molar-refractivity contribution in [3.05, 3.63) is 54.0 Å². The van der Waals surface area contributed by atoms with Gasteiger partial charge in [0.05, 0.1) is 11.6 Å². The zero-order valence-corrected chi connectivity index (χ0v) is 13.4. The molecular weight excluding hydrogens is 288 g/mol. The highest BCUT2D eigenvalue weighted by Crippen LogP contribution is 2.24. The number of aromatic nitrogens is 2. The van der Waals surface area contributed by atoms with E-state index in [9.17, 15) is 4.79 Å². The van der Waals surface area contributed by atoms with Gasteiger partial charge in [0, 0.05) is 31.7 Å². The molecule has 0 radical (unpaired) electrons. The topological polar surface area (TPSA) is 58.1 Å². The zero-order valence-electron chi connectivity index (χ0n) is 13.4. The van der Waals surface area contributed by atoms with Gasteiger partial charge < -0.3 is 10.2 Å². The molecule has 2 aromatic rings. The molecule has 3 rings (SSSR count). The van der Waals surface area contributed by atoms with Crippen molar-refractivity contribution in [3.63, 3.8) is 0 Å². The lowest BCUT2D eigenvalue weighted by molar-refractivity contribution is 0.0793. The average molecular weight is 310 g/mol. The Morgan fingerprint density at radius 3 is 2.65 bits per heavy atom. The van der Waals surface area contributed by atoms with Gasteiger partial charge in [-0.25, -0.2) is 4.98 Å². The Labute approximate surface area is 136 Å². The predicted molar refractivity (Wildman–Crippen MR) is 90.3 cm³/mol. The van der Waals surface area contributed by atoms with Crippen molar-refractivity contribution in [2.24, 2.45) is 0 Å². The van der Waals surface area contributed by atoms with Gasteiger partial charge in [0.2, 0.25) is 0 Å². The van der Waals surface area contributed by atoms with Crippen LogP contribution in [0, 0.1) is 0 Å². The summed E-state index contributed by atoms with van der Waals surface area (Å²) in [5, 5.41) is 3.43. The minimum absolute atomic E-state index is 0.0719. The van der Waals surface area contributed by atoms with Gasteiger partial charge >= 0.3 is 0 Å². The molecule has 23 heavy (non-hydrogen) atoms. The highest BCUT2D eigenvalue weighted by Gasteiger charge is 2.23. The third-order valence-electron chi connectivity index (χ3n) is 4.26. The number of likely N-dealkylation sites (tertiary alicyclic amines) is 1. The van der Waals surface area contributed by atoms with Crippen molar-refractivity contribution < 1.29 is 4.79 Å². The molecule has 0 bridgehead atoms. The summed E-state index contributed by atoms with van der Waals surface area (Å²) < 4.78 is 0. The summed E-state index contributed by atoms with van der Waals surface area (Å²) in [5.74, 6) is 0.732. The summed E-state index contributed by atoms with van der Waals surface area (Å²) in [6.07, 6.45) is 8.37. The van der Waals surface area contributed by atoms with Gasteiger partial charge in [-0.15, -0.1) is 0 Å². The largest absolute Gasteiger partial charge is 0.363 e. The number of pyridine rings is 2. The second kappa shape index (κ2) is 7.22. The van der Waals surface area contributed by atoms with Crippen molar-refractivity contribution in [2.45, 2.75) is 32.2 Å². The van der Waals surface area contributed by atoms with Gasteiger partial charge in [-0.3, -0.25) is 9.78 Å². The van der Waals surface area contributed by atoms with Gasteiger partial charge in [-0.2, -0.15) is 0 Å². The van der Waals surface area contributed by atoms with E-state index in [1.807, 2.05) is 29.2 Å². The van der Waals surface area contributed by atoms with E-state index in [0.717, 1.165) is 37.9 Å². The lowest BCUT2D eigenvalue weighted by Gasteiger charge is -2.21. The zero-order chi connectivity index (χ0) is 16.1. The molecule has 1 saturated heterocycles. The maximum Gasteiger partial charge on any atom is 0.257 e. The van der Waals surface area contributed by atoms with Crippen molar-refractivity contribution in [2.75, 3.05) is 18.4 Å². The third kappa shape index (κ3) is 3.50. The molecule has 0 saturated carbocycles. The fourth-order valence-corrected chi connectivity index (χ4v) is 2.97. The maximum atomic E-state index is 12.7. The molecule has 3 heterocycles. The summed E-state index contributed by atoms with van der Waals surface area (Å²) in [6.45, 7) is 3.80. The fraction of sp³-hybridized carbons (Fsp3) is 0.389. The van der Waals surface area contributed by atoms with Gasteiger partial charge in [0.1, 0.15) is 5.82 Å². The molecule has 1 aliphatic heterocycles. The maximum absolute atomic E-state index is 12.7. The average Bonchev–Trinajstić information content (AvgIpc) is 3.15. The summed E-state index contributed by atoms with van der Waals surface area (Å²) in [6, 6.07) is 7.77. The van der Waals surface area contributed by atoms with Crippen LogP contribution in [0.2, 0.25) is 0 Å². The number of amides is 1. The summed E-state index contributed by atoms with van der Waals surface area (Å²) in [4.78, 5) is 23.1. The van der Waals surface area contributed by atoms with Crippen LogP contribution in [0.3, 0.4) is 0 Å². The molecule has 1 fully saturated rings. The number of anilines is 1. The Hall–Kier alpha value is -2.43. The lowest BCUT2D eigenvalue weighted by Crippen LogP contribution is -2.29. The van der Waals surface area contributed by atoms with Crippen LogP contribution in [0.15, 0.2) is 42.9 Å². The summed E-state index contributed by atoms with van der Waals surface area (Å²) >= 11 is 0. The minimum Gasteiger partial charge on any atom is -0.363 e. The molecule has 120 valence electrons. The molecule has 5 heteroatoms. The van der Waals surface area contributed by atoms with E-state index in [-0.39, 0.29) is 11.9 Å². The molecule has 0 aliphatic carbocycles. The van der Waals surface area contributed by atoms with Crippen molar-refractivity contribution in [1.82, 2.24) is 14.9 Å². The molecule has 1 unspecified atom stereocenters.